The molecule has 90 valence electrons. The summed E-state index contributed by atoms with van der Waals surface area (Å²) in [7, 11) is 1.96. The Bertz CT molecular complexity index is 543. The van der Waals surface area contributed by atoms with Crippen molar-refractivity contribution in [2.24, 2.45) is 7.05 Å². The molecule has 0 atom stereocenters. The number of anilines is 1. The Morgan fingerprint density at radius 3 is 2.88 bits per heavy atom. The minimum Gasteiger partial charge on any atom is -0.367 e. The normalized spacial score (nSPS) is 16.8. The van der Waals surface area contributed by atoms with Crippen LogP contribution in [0, 0.1) is 0 Å². The van der Waals surface area contributed by atoms with Crippen LogP contribution in [0.15, 0.2) is 12.3 Å². The number of rotatable bonds is 2. The van der Waals surface area contributed by atoms with Crippen molar-refractivity contribution in [3.05, 3.63) is 17.5 Å². The van der Waals surface area contributed by atoms with Crippen molar-refractivity contribution < 1.29 is 0 Å². The van der Waals surface area contributed by atoms with Crippen LogP contribution in [0.25, 0.3) is 11.0 Å². The SMILES string of the molecule is Cn1ccc2c(NC3CCCC3)nc(Cl)nc21. The van der Waals surface area contributed by atoms with Crippen molar-refractivity contribution in [1.82, 2.24) is 14.5 Å². The van der Waals surface area contributed by atoms with Crippen LogP contribution >= 0.6 is 11.6 Å². The Morgan fingerprint density at radius 2 is 2.12 bits per heavy atom. The van der Waals surface area contributed by atoms with Crippen molar-refractivity contribution in [1.29, 1.82) is 0 Å². The number of hydrogen-bond donors (Lipinski definition) is 1. The maximum atomic E-state index is 5.96. The predicted molar refractivity (Wildman–Crippen MR) is 69.4 cm³/mol. The van der Waals surface area contributed by atoms with Gasteiger partial charge in [-0.3, -0.25) is 0 Å². The highest BCUT2D eigenvalue weighted by atomic mass is 35.5. The highest BCUT2D eigenvalue weighted by Crippen LogP contribution is 2.27. The average Bonchev–Trinajstić information content (AvgIpc) is 2.90. The fourth-order valence-electron chi connectivity index (χ4n) is 2.48. The third kappa shape index (κ3) is 1.97. The molecule has 0 saturated heterocycles. The van der Waals surface area contributed by atoms with E-state index >= 15 is 0 Å². The maximum absolute atomic E-state index is 5.96. The Labute approximate surface area is 105 Å². The molecule has 2 aromatic heterocycles. The maximum Gasteiger partial charge on any atom is 0.226 e. The van der Waals surface area contributed by atoms with Gasteiger partial charge in [-0.25, -0.2) is 4.98 Å². The lowest BCUT2D eigenvalue weighted by molar-refractivity contribution is 0.751. The summed E-state index contributed by atoms with van der Waals surface area (Å²) in [5, 5.41) is 4.84. The van der Waals surface area contributed by atoms with Gasteiger partial charge in [0.15, 0.2) is 0 Å². The van der Waals surface area contributed by atoms with Gasteiger partial charge in [0.1, 0.15) is 11.5 Å². The van der Waals surface area contributed by atoms with Gasteiger partial charge in [0, 0.05) is 19.3 Å². The van der Waals surface area contributed by atoms with Crippen LogP contribution in [0.1, 0.15) is 25.7 Å². The number of nitrogens with zero attached hydrogens (tertiary/aromatic N) is 3. The zero-order valence-electron chi connectivity index (χ0n) is 9.78. The topological polar surface area (TPSA) is 42.7 Å². The van der Waals surface area contributed by atoms with Crippen LogP contribution in [0.2, 0.25) is 5.28 Å². The molecule has 5 heteroatoms. The summed E-state index contributed by atoms with van der Waals surface area (Å²) in [4.78, 5) is 8.56. The largest absolute Gasteiger partial charge is 0.367 e. The summed E-state index contributed by atoms with van der Waals surface area (Å²) in [5.74, 6) is 0.868. The smallest absolute Gasteiger partial charge is 0.226 e. The molecule has 2 aromatic rings. The van der Waals surface area contributed by atoms with Crippen molar-refractivity contribution in [3.8, 4) is 0 Å². The first-order valence-electron chi connectivity index (χ1n) is 5.99. The lowest BCUT2D eigenvalue weighted by Crippen LogP contribution is -2.16. The number of aryl methyl sites for hydroxylation is 1. The second-order valence-corrected chi connectivity index (χ2v) is 4.97. The Balaban J connectivity index is 2.02. The van der Waals surface area contributed by atoms with Gasteiger partial charge >= 0.3 is 0 Å². The van der Waals surface area contributed by atoms with Gasteiger partial charge < -0.3 is 9.88 Å². The van der Waals surface area contributed by atoms with E-state index in [0.717, 1.165) is 16.9 Å². The molecular formula is C12H15ClN4. The Hall–Kier alpha value is -1.29. The number of aromatic nitrogens is 3. The molecule has 0 unspecified atom stereocenters. The minimum absolute atomic E-state index is 0.305. The van der Waals surface area contributed by atoms with E-state index in [0.29, 0.717) is 11.3 Å². The number of halogens is 1. The average molecular weight is 251 g/mol. The van der Waals surface area contributed by atoms with Crippen LogP contribution in [0.5, 0.6) is 0 Å². The van der Waals surface area contributed by atoms with E-state index in [9.17, 15) is 0 Å². The molecule has 1 fully saturated rings. The fraction of sp³-hybridized carbons (Fsp3) is 0.500. The van der Waals surface area contributed by atoms with Gasteiger partial charge in [-0.05, 0) is 30.5 Å². The molecule has 0 amide bonds. The van der Waals surface area contributed by atoms with Crippen LogP contribution in [0.3, 0.4) is 0 Å². The number of hydrogen-bond acceptors (Lipinski definition) is 3. The Kier molecular flexibility index (Phi) is 2.67. The van der Waals surface area contributed by atoms with Crippen molar-refractivity contribution in [2.45, 2.75) is 31.7 Å². The van der Waals surface area contributed by atoms with Gasteiger partial charge in [-0.15, -0.1) is 0 Å². The molecule has 0 aliphatic heterocycles. The fourth-order valence-corrected chi connectivity index (χ4v) is 2.65. The number of nitrogens with one attached hydrogen (secondary N) is 1. The van der Waals surface area contributed by atoms with Crippen LogP contribution in [-0.2, 0) is 7.05 Å². The van der Waals surface area contributed by atoms with E-state index < -0.39 is 0 Å². The van der Waals surface area contributed by atoms with Crippen molar-refractivity contribution in [2.75, 3.05) is 5.32 Å². The first kappa shape index (κ1) is 10.8. The van der Waals surface area contributed by atoms with Crippen LogP contribution in [-0.4, -0.2) is 20.6 Å². The standard InChI is InChI=1S/C12H15ClN4/c1-17-7-6-9-10(14-8-4-2-3-5-8)15-12(13)16-11(9)17/h6-8H,2-5H2,1H3,(H,14,15,16). The quantitative estimate of drug-likeness (QED) is 0.834. The molecule has 1 aliphatic rings. The van der Waals surface area contributed by atoms with Gasteiger partial charge in [0.05, 0.1) is 5.39 Å². The van der Waals surface area contributed by atoms with Crippen LogP contribution < -0.4 is 5.32 Å². The zero-order chi connectivity index (χ0) is 11.8. The molecule has 0 radical (unpaired) electrons. The molecule has 3 rings (SSSR count). The summed E-state index contributed by atoms with van der Waals surface area (Å²) in [6, 6.07) is 2.56. The molecule has 1 saturated carbocycles. The van der Waals surface area contributed by atoms with Gasteiger partial charge in [-0.2, -0.15) is 4.98 Å². The Morgan fingerprint density at radius 1 is 1.35 bits per heavy atom. The number of fused-ring (bicyclic) bond motifs is 1. The summed E-state index contributed by atoms with van der Waals surface area (Å²) < 4.78 is 1.96. The molecule has 17 heavy (non-hydrogen) atoms. The first-order chi connectivity index (χ1) is 8.24. The van der Waals surface area contributed by atoms with E-state index in [1.165, 1.54) is 25.7 Å². The second-order valence-electron chi connectivity index (χ2n) is 4.63. The van der Waals surface area contributed by atoms with E-state index in [2.05, 4.69) is 15.3 Å². The molecule has 1 N–H and O–H groups in total. The second kappa shape index (κ2) is 4.18. The molecule has 0 spiro atoms. The molecular weight excluding hydrogens is 236 g/mol. The lowest BCUT2D eigenvalue weighted by atomic mass is 10.2. The molecule has 0 aromatic carbocycles. The third-order valence-electron chi connectivity index (χ3n) is 3.39. The van der Waals surface area contributed by atoms with E-state index in [1.54, 1.807) is 0 Å². The highest BCUT2D eigenvalue weighted by Gasteiger charge is 2.17. The van der Waals surface area contributed by atoms with E-state index in [-0.39, 0.29) is 0 Å². The summed E-state index contributed by atoms with van der Waals surface area (Å²) in [6.07, 6.45) is 7.02. The highest BCUT2D eigenvalue weighted by molar-refractivity contribution is 6.28. The van der Waals surface area contributed by atoms with Crippen molar-refractivity contribution in [3.63, 3.8) is 0 Å². The van der Waals surface area contributed by atoms with Gasteiger partial charge in [0.2, 0.25) is 5.28 Å². The van der Waals surface area contributed by atoms with E-state index in [4.69, 9.17) is 11.6 Å². The predicted octanol–water partition coefficient (Wildman–Crippen LogP) is 2.98. The summed E-state index contributed by atoms with van der Waals surface area (Å²) in [5.41, 5.74) is 0.880. The third-order valence-corrected chi connectivity index (χ3v) is 3.56. The molecule has 2 heterocycles. The summed E-state index contributed by atoms with van der Waals surface area (Å²) >= 11 is 5.96. The van der Waals surface area contributed by atoms with Crippen LogP contribution in [0.4, 0.5) is 5.82 Å². The lowest BCUT2D eigenvalue weighted by Gasteiger charge is -2.13. The monoisotopic (exact) mass is 250 g/mol. The van der Waals surface area contributed by atoms with Gasteiger partial charge in [0.25, 0.3) is 0 Å². The zero-order valence-corrected chi connectivity index (χ0v) is 10.5. The molecule has 4 nitrogen and oxygen atoms in total. The molecule has 0 bridgehead atoms. The first-order valence-corrected chi connectivity index (χ1v) is 6.37. The van der Waals surface area contributed by atoms with Crippen molar-refractivity contribution >= 4 is 28.5 Å². The van der Waals surface area contributed by atoms with E-state index in [1.807, 2.05) is 23.9 Å². The van der Waals surface area contributed by atoms with Gasteiger partial charge in [-0.1, -0.05) is 12.8 Å². The minimum atomic E-state index is 0.305. The summed E-state index contributed by atoms with van der Waals surface area (Å²) in [6.45, 7) is 0. The molecule has 1 aliphatic carbocycles.